The molecule has 0 amide bonds. The molecule has 0 heterocycles. The number of hydrogen-bond acceptors (Lipinski definition) is 0. The first-order valence-corrected chi connectivity index (χ1v) is 5.35. The zero-order chi connectivity index (χ0) is 10.8. The van der Waals surface area contributed by atoms with Crippen LogP contribution in [0.1, 0.15) is 55.4 Å². The Balaban J connectivity index is 4.78. The van der Waals surface area contributed by atoms with Crippen molar-refractivity contribution < 1.29 is 0 Å². The molecule has 0 aliphatic carbocycles. The minimum absolute atomic E-state index is 0.389. The summed E-state index contributed by atoms with van der Waals surface area (Å²) < 4.78 is 0. The lowest BCUT2D eigenvalue weighted by atomic mass is 9.75. The van der Waals surface area contributed by atoms with Crippen LogP contribution in [0.2, 0.25) is 0 Å². The first kappa shape index (κ1) is 12.7. The van der Waals surface area contributed by atoms with Crippen LogP contribution in [0, 0.1) is 17.3 Å². The van der Waals surface area contributed by atoms with Crippen molar-refractivity contribution >= 4 is 0 Å². The van der Waals surface area contributed by atoms with Crippen molar-refractivity contribution in [3.05, 3.63) is 11.1 Å². The van der Waals surface area contributed by atoms with E-state index in [1.807, 2.05) is 0 Å². The normalized spacial score (nSPS) is 17.3. The van der Waals surface area contributed by atoms with Crippen molar-refractivity contribution in [3.63, 3.8) is 0 Å². The van der Waals surface area contributed by atoms with Crippen molar-refractivity contribution in [1.82, 2.24) is 0 Å². The second kappa shape index (κ2) is 4.30. The third-order valence-electron chi connectivity index (χ3n) is 3.44. The smallest absolute Gasteiger partial charge is 0.0183 e. The van der Waals surface area contributed by atoms with E-state index >= 15 is 0 Å². The first-order chi connectivity index (χ1) is 5.68. The molecule has 78 valence electrons. The van der Waals surface area contributed by atoms with Crippen LogP contribution in [0.3, 0.4) is 0 Å². The van der Waals surface area contributed by atoms with Crippen molar-refractivity contribution in [2.45, 2.75) is 55.4 Å². The lowest BCUT2D eigenvalue weighted by Gasteiger charge is -2.30. The van der Waals surface area contributed by atoms with Gasteiger partial charge in [-0.25, -0.2) is 0 Å². The molecule has 0 radical (unpaired) electrons. The second-order valence-electron chi connectivity index (χ2n) is 5.61. The molecular weight excluding hydrogens is 156 g/mol. The molecule has 0 aliphatic heterocycles. The summed E-state index contributed by atoms with van der Waals surface area (Å²) in [7, 11) is 0. The Morgan fingerprint density at radius 3 is 1.46 bits per heavy atom. The van der Waals surface area contributed by atoms with Crippen LogP contribution in [0.5, 0.6) is 0 Å². The molecule has 0 nitrogen and oxygen atoms in total. The van der Waals surface area contributed by atoms with Crippen molar-refractivity contribution in [1.29, 1.82) is 0 Å². The molecule has 13 heavy (non-hydrogen) atoms. The Hall–Kier alpha value is -0.260. The zero-order valence-electron chi connectivity index (χ0n) is 10.7. The molecule has 0 N–H and O–H groups in total. The summed E-state index contributed by atoms with van der Waals surface area (Å²) in [6.07, 6.45) is 0. The fraction of sp³-hybridized carbons (Fsp3) is 0.846. The highest BCUT2D eigenvalue weighted by Crippen LogP contribution is 2.33. The highest BCUT2D eigenvalue weighted by molar-refractivity contribution is 5.15. The topological polar surface area (TPSA) is 0 Å². The van der Waals surface area contributed by atoms with Gasteiger partial charge in [-0.3, -0.25) is 0 Å². The molecular formula is C13H26. The summed E-state index contributed by atoms with van der Waals surface area (Å²) >= 11 is 0. The van der Waals surface area contributed by atoms with Crippen molar-refractivity contribution in [2.75, 3.05) is 0 Å². The van der Waals surface area contributed by atoms with E-state index in [4.69, 9.17) is 0 Å². The van der Waals surface area contributed by atoms with Gasteiger partial charge >= 0.3 is 0 Å². The summed E-state index contributed by atoms with van der Waals surface area (Å²) in [5, 5.41) is 0. The first-order valence-electron chi connectivity index (χ1n) is 5.35. The lowest BCUT2D eigenvalue weighted by Crippen LogP contribution is -2.19. The fourth-order valence-corrected chi connectivity index (χ4v) is 1.45. The Labute approximate surface area is 84.4 Å². The van der Waals surface area contributed by atoms with E-state index in [-0.39, 0.29) is 0 Å². The van der Waals surface area contributed by atoms with Gasteiger partial charge in [0.1, 0.15) is 0 Å². The summed E-state index contributed by atoms with van der Waals surface area (Å²) in [6, 6.07) is 0. The van der Waals surface area contributed by atoms with E-state index < -0.39 is 0 Å². The monoisotopic (exact) mass is 182 g/mol. The maximum absolute atomic E-state index is 2.33. The van der Waals surface area contributed by atoms with E-state index in [9.17, 15) is 0 Å². The van der Waals surface area contributed by atoms with E-state index in [2.05, 4.69) is 55.4 Å². The summed E-state index contributed by atoms with van der Waals surface area (Å²) in [6.45, 7) is 18.4. The van der Waals surface area contributed by atoms with Crippen LogP contribution >= 0.6 is 0 Å². The van der Waals surface area contributed by atoms with E-state index in [1.54, 1.807) is 11.1 Å². The molecule has 0 saturated carbocycles. The molecule has 0 fully saturated rings. The third-order valence-corrected chi connectivity index (χ3v) is 3.44. The molecule has 0 heteroatoms. The van der Waals surface area contributed by atoms with E-state index in [1.165, 1.54) is 0 Å². The fourth-order valence-electron chi connectivity index (χ4n) is 1.45. The summed E-state index contributed by atoms with van der Waals surface area (Å²) in [5.74, 6) is 1.36. The maximum atomic E-state index is 2.33. The summed E-state index contributed by atoms with van der Waals surface area (Å²) in [4.78, 5) is 0. The third kappa shape index (κ3) is 3.54. The van der Waals surface area contributed by atoms with Gasteiger partial charge in [-0.15, -0.1) is 0 Å². The van der Waals surface area contributed by atoms with Gasteiger partial charge in [-0.05, 0) is 31.1 Å². The van der Waals surface area contributed by atoms with Gasteiger partial charge in [0.2, 0.25) is 0 Å². The summed E-state index contributed by atoms with van der Waals surface area (Å²) in [5.41, 5.74) is 3.52. The van der Waals surface area contributed by atoms with Crippen LogP contribution in [0.15, 0.2) is 11.1 Å². The Kier molecular flexibility index (Phi) is 4.22. The highest BCUT2D eigenvalue weighted by atomic mass is 14.3. The largest absolute Gasteiger partial charge is 0.0716 e. The minimum Gasteiger partial charge on any atom is -0.0716 e. The quantitative estimate of drug-likeness (QED) is 0.545. The van der Waals surface area contributed by atoms with Gasteiger partial charge in [0, 0.05) is 0 Å². The SMILES string of the molecule is CC(=C(C)C(C)C(C)(C)C)C(C)C. The highest BCUT2D eigenvalue weighted by Gasteiger charge is 2.22. The predicted molar refractivity (Wildman–Crippen MR) is 61.8 cm³/mol. The number of rotatable bonds is 2. The van der Waals surface area contributed by atoms with Crippen LogP contribution in [-0.4, -0.2) is 0 Å². The molecule has 0 aromatic heterocycles. The average molecular weight is 182 g/mol. The van der Waals surface area contributed by atoms with Gasteiger partial charge in [-0.2, -0.15) is 0 Å². The van der Waals surface area contributed by atoms with Crippen LogP contribution in [0.4, 0.5) is 0 Å². The predicted octanol–water partition coefficient (Wildman–Crippen LogP) is 4.66. The lowest BCUT2D eigenvalue weighted by molar-refractivity contribution is 0.297. The number of allylic oxidation sites excluding steroid dienone is 2. The minimum atomic E-state index is 0.389. The van der Waals surface area contributed by atoms with Crippen LogP contribution < -0.4 is 0 Å². The molecule has 0 aliphatic rings. The van der Waals surface area contributed by atoms with Crippen LogP contribution in [0.25, 0.3) is 0 Å². The molecule has 0 saturated heterocycles. The van der Waals surface area contributed by atoms with Crippen molar-refractivity contribution in [2.24, 2.45) is 17.3 Å². The second-order valence-corrected chi connectivity index (χ2v) is 5.61. The Morgan fingerprint density at radius 1 is 0.846 bits per heavy atom. The molecule has 0 rings (SSSR count). The molecule has 0 aromatic carbocycles. The molecule has 0 bridgehead atoms. The zero-order valence-corrected chi connectivity index (χ0v) is 10.7. The van der Waals surface area contributed by atoms with Crippen molar-refractivity contribution in [3.8, 4) is 0 Å². The average Bonchev–Trinajstić information content (AvgIpc) is 1.98. The standard InChI is InChI=1S/C13H26/c1-9(2)10(3)11(4)12(5)13(6,7)8/h9,12H,1-8H3. The van der Waals surface area contributed by atoms with Gasteiger partial charge in [0.25, 0.3) is 0 Å². The van der Waals surface area contributed by atoms with Gasteiger partial charge in [-0.1, -0.05) is 52.7 Å². The van der Waals surface area contributed by atoms with E-state index in [0.29, 0.717) is 17.3 Å². The van der Waals surface area contributed by atoms with Crippen LogP contribution in [-0.2, 0) is 0 Å². The molecule has 1 atom stereocenters. The number of hydrogen-bond donors (Lipinski definition) is 0. The van der Waals surface area contributed by atoms with Gasteiger partial charge in [0.15, 0.2) is 0 Å². The Morgan fingerprint density at radius 2 is 1.23 bits per heavy atom. The maximum Gasteiger partial charge on any atom is -0.0183 e. The van der Waals surface area contributed by atoms with Gasteiger partial charge < -0.3 is 0 Å². The van der Waals surface area contributed by atoms with Gasteiger partial charge in [0.05, 0.1) is 0 Å². The molecule has 0 aromatic rings. The van der Waals surface area contributed by atoms with E-state index in [0.717, 1.165) is 0 Å². The molecule has 0 spiro atoms. The Bertz CT molecular complexity index is 189. The molecule has 1 unspecified atom stereocenters.